The number of rotatable bonds is 16. The molecule has 4 atom stereocenters. The number of carbonyl (C=O) groups is 3. The zero-order valence-electron chi connectivity index (χ0n) is 35.5. The van der Waals surface area contributed by atoms with Gasteiger partial charge in [-0.25, -0.2) is 15.0 Å². The van der Waals surface area contributed by atoms with Crippen molar-refractivity contribution in [2.45, 2.75) is 102 Å². The van der Waals surface area contributed by atoms with Crippen molar-refractivity contribution in [3.05, 3.63) is 83.9 Å². The van der Waals surface area contributed by atoms with Gasteiger partial charge in [0.1, 0.15) is 31.4 Å². The molecule has 2 fully saturated rings. The van der Waals surface area contributed by atoms with Gasteiger partial charge in [-0.1, -0.05) is 85.7 Å². The van der Waals surface area contributed by atoms with Crippen LogP contribution in [0.15, 0.2) is 67.3 Å². The molecule has 322 valence electrons. The van der Waals surface area contributed by atoms with Gasteiger partial charge < -0.3 is 37.2 Å². The molecular weight excluding hydrogens is 805 g/mol. The van der Waals surface area contributed by atoms with Crippen LogP contribution in [0.3, 0.4) is 0 Å². The second-order valence-corrected chi connectivity index (χ2v) is 25.4. The second kappa shape index (κ2) is 18.4. The van der Waals surface area contributed by atoms with Crippen molar-refractivity contribution in [1.29, 1.82) is 0 Å². The molecule has 3 amide bonds. The topological polar surface area (TPSA) is 175 Å². The molecule has 18 heteroatoms. The molecule has 2 aromatic heterocycles. The third-order valence-corrected chi connectivity index (χ3v) is 21.8. The van der Waals surface area contributed by atoms with Crippen LogP contribution >= 0.6 is 0 Å². The molecule has 0 bridgehead atoms. The third kappa shape index (κ3) is 8.36. The van der Waals surface area contributed by atoms with Crippen molar-refractivity contribution in [2.24, 2.45) is 0 Å². The fraction of sp³-hybridized carbons (Fsp3) is 0.524. The van der Waals surface area contributed by atoms with E-state index in [1.807, 2.05) is 6.07 Å². The minimum Gasteiger partial charge on any atom is -0.414 e. The largest absolute Gasteiger partial charge is 0.414 e. The lowest BCUT2D eigenvalue weighted by Crippen LogP contribution is -2.66. The average Bonchev–Trinajstić information content (AvgIpc) is 3.87. The minimum absolute atomic E-state index is 0.0650. The molecular formula is C42H56N6O10Si2. The average molecular weight is 861 g/mol. The Labute approximate surface area is 352 Å². The Morgan fingerprint density at radius 3 is 2.10 bits per heavy atom. The van der Waals surface area contributed by atoms with Gasteiger partial charge in [0, 0.05) is 5.56 Å². The molecule has 3 aliphatic rings. The quantitative estimate of drug-likeness (QED) is 0.0553. The maximum atomic E-state index is 13.1. The lowest BCUT2D eigenvalue weighted by molar-refractivity contribution is -0.143. The molecule has 4 aromatic rings. The highest BCUT2D eigenvalue weighted by Gasteiger charge is 2.62. The summed E-state index contributed by atoms with van der Waals surface area (Å²) in [6.07, 6.45) is 0.297. The predicted octanol–water partition coefficient (Wildman–Crippen LogP) is 6.60. The van der Waals surface area contributed by atoms with Crippen LogP contribution in [0.4, 0.5) is 5.82 Å². The molecule has 0 radical (unpaired) electrons. The van der Waals surface area contributed by atoms with Gasteiger partial charge in [0.2, 0.25) is 0 Å². The van der Waals surface area contributed by atoms with Crippen LogP contribution in [-0.4, -0.2) is 117 Å². The van der Waals surface area contributed by atoms with Crippen molar-refractivity contribution in [2.75, 3.05) is 45.1 Å². The standard InChI is InChI=1S/C42H56N6O10Si2/c1-26(2)59(27(3)4)55-22-33-35(57-60(58-59,28(5)6)29(7)8)36(54-25-53-21-20-52-19-18-47-40(50)31-16-12-13-17-32(31)41(47)51)42(56-33)48-24-45-34-37(43-23-44-38(34)48)46-39(49)30-14-10-9-11-15-30/h9-17,23-24,26-29,33,35-36,42H,18-22,25H2,1-8H3,(H,43,44,46,49)/t33?,35?,36-,42?/m1/s1. The predicted molar refractivity (Wildman–Crippen MR) is 226 cm³/mol. The van der Waals surface area contributed by atoms with Crippen LogP contribution in [0.25, 0.3) is 11.2 Å². The lowest BCUT2D eigenvalue weighted by atomic mass is 10.1. The van der Waals surface area contributed by atoms with Gasteiger partial charge in [-0.3, -0.25) is 23.9 Å². The molecule has 1 N–H and O–H groups in total. The Balaban J connectivity index is 1.10. The van der Waals surface area contributed by atoms with E-state index in [4.69, 9.17) is 31.9 Å². The lowest BCUT2D eigenvalue weighted by Gasteiger charge is -2.51. The zero-order valence-corrected chi connectivity index (χ0v) is 37.5. The number of anilines is 1. The molecule has 7 rings (SSSR count). The number of amides is 3. The summed E-state index contributed by atoms with van der Waals surface area (Å²) in [7, 11) is -5.95. The van der Waals surface area contributed by atoms with Crippen molar-refractivity contribution >= 4 is 51.8 Å². The molecule has 2 aromatic carbocycles. The number of nitrogens with one attached hydrogen (secondary N) is 1. The second-order valence-electron chi connectivity index (χ2n) is 16.6. The van der Waals surface area contributed by atoms with Crippen molar-refractivity contribution in [3.8, 4) is 0 Å². The van der Waals surface area contributed by atoms with Crippen LogP contribution in [-0.2, 0) is 31.9 Å². The van der Waals surface area contributed by atoms with Gasteiger partial charge >= 0.3 is 17.1 Å². The van der Waals surface area contributed by atoms with Crippen LogP contribution in [0.2, 0.25) is 22.2 Å². The number of carbonyl (C=O) groups excluding carboxylic acids is 3. The Morgan fingerprint density at radius 1 is 0.817 bits per heavy atom. The van der Waals surface area contributed by atoms with E-state index in [0.29, 0.717) is 27.9 Å². The summed E-state index contributed by atoms with van der Waals surface area (Å²) < 4.78 is 48.9. The number of aromatic nitrogens is 4. The number of fused-ring (bicyclic) bond motifs is 3. The van der Waals surface area contributed by atoms with Crippen LogP contribution in [0, 0.1) is 0 Å². The summed E-state index contributed by atoms with van der Waals surface area (Å²) >= 11 is 0. The minimum atomic E-state index is -3.08. The van der Waals surface area contributed by atoms with E-state index in [-0.39, 0.29) is 85.5 Å². The molecule has 16 nitrogen and oxygen atoms in total. The molecule has 3 unspecified atom stereocenters. The van der Waals surface area contributed by atoms with Crippen molar-refractivity contribution in [1.82, 2.24) is 24.4 Å². The maximum Gasteiger partial charge on any atom is 0.335 e. The van der Waals surface area contributed by atoms with Crippen LogP contribution < -0.4 is 5.32 Å². The van der Waals surface area contributed by atoms with E-state index < -0.39 is 41.7 Å². The van der Waals surface area contributed by atoms with E-state index in [2.05, 4.69) is 75.7 Å². The van der Waals surface area contributed by atoms with Gasteiger partial charge in [-0.2, -0.15) is 0 Å². The van der Waals surface area contributed by atoms with E-state index >= 15 is 0 Å². The number of imidazole rings is 1. The summed E-state index contributed by atoms with van der Waals surface area (Å²) in [4.78, 5) is 53.4. The summed E-state index contributed by atoms with van der Waals surface area (Å²) in [5, 5.41) is 2.88. The summed E-state index contributed by atoms with van der Waals surface area (Å²) in [6, 6.07) is 15.7. The summed E-state index contributed by atoms with van der Waals surface area (Å²) in [5.74, 6) is -0.721. The first kappa shape index (κ1) is 43.8. The summed E-state index contributed by atoms with van der Waals surface area (Å²) in [5.41, 5.74) is 2.51. The Morgan fingerprint density at radius 2 is 1.45 bits per heavy atom. The van der Waals surface area contributed by atoms with Crippen LogP contribution in [0.5, 0.6) is 0 Å². The third-order valence-electron chi connectivity index (χ3n) is 11.6. The number of hydrogen-bond acceptors (Lipinski definition) is 13. The van der Waals surface area contributed by atoms with E-state index in [1.54, 1.807) is 59.4 Å². The number of hydrogen-bond donors (Lipinski definition) is 1. The van der Waals surface area contributed by atoms with Crippen molar-refractivity contribution < 1.29 is 46.3 Å². The highest BCUT2D eigenvalue weighted by Crippen LogP contribution is 2.49. The Hall–Kier alpha value is -4.25. The SMILES string of the molecule is CC(C)[Si]1(C(C)C)OCC2OC(n3cnc4c(NC(=O)c5ccccc5)ncnc43)[C@H](OCOCCOCCN3C(=O)c4ccccc4C3=O)C2O[Si](C(C)C)(C(C)C)O1. The molecule has 3 aliphatic heterocycles. The number of imide groups is 1. The highest BCUT2D eigenvalue weighted by atomic mass is 28.5. The normalized spacial score (nSPS) is 22.5. The first-order valence-electron chi connectivity index (χ1n) is 20.7. The molecule has 0 saturated carbocycles. The Bertz CT molecular complexity index is 2100. The Kier molecular flexibility index (Phi) is 13.4. The van der Waals surface area contributed by atoms with Crippen molar-refractivity contribution in [3.63, 3.8) is 0 Å². The maximum absolute atomic E-state index is 13.1. The fourth-order valence-electron chi connectivity index (χ4n) is 8.43. The van der Waals surface area contributed by atoms with Crippen LogP contribution in [0.1, 0.15) is 92.7 Å². The monoisotopic (exact) mass is 860 g/mol. The van der Waals surface area contributed by atoms with Gasteiger partial charge in [0.25, 0.3) is 17.7 Å². The number of benzene rings is 2. The molecule has 2 saturated heterocycles. The number of ether oxygens (including phenoxy) is 4. The fourth-order valence-corrected chi connectivity index (χ4v) is 19.6. The molecule has 0 aliphatic carbocycles. The van der Waals surface area contributed by atoms with Gasteiger partial charge in [0.05, 0.1) is 50.4 Å². The summed E-state index contributed by atoms with van der Waals surface area (Å²) in [6.45, 7) is 18.1. The van der Waals surface area contributed by atoms with E-state index in [9.17, 15) is 14.4 Å². The van der Waals surface area contributed by atoms with E-state index in [1.165, 1.54) is 11.2 Å². The molecule has 60 heavy (non-hydrogen) atoms. The van der Waals surface area contributed by atoms with Gasteiger partial charge in [-0.05, 0) is 46.4 Å². The number of nitrogens with zero attached hydrogens (tertiary/aromatic N) is 5. The highest BCUT2D eigenvalue weighted by molar-refractivity contribution is 6.84. The first-order valence-corrected chi connectivity index (χ1v) is 24.7. The molecule has 5 heterocycles. The smallest absolute Gasteiger partial charge is 0.335 e. The first-order chi connectivity index (χ1) is 28.8. The van der Waals surface area contributed by atoms with E-state index in [0.717, 1.165) is 0 Å². The van der Waals surface area contributed by atoms with Gasteiger partial charge in [0.15, 0.2) is 23.2 Å². The van der Waals surface area contributed by atoms with Gasteiger partial charge in [-0.15, -0.1) is 0 Å². The zero-order chi connectivity index (χ0) is 42.8. The molecule has 0 spiro atoms.